The van der Waals surface area contributed by atoms with E-state index in [1.165, 1.54) is 6.07 Å². The van der Waals surface area contributed by atoms with E-state index in [4.69, 9.17) is 5.11 Å². The molecule has 0 aliphatic rings. The maximum Gasteiger partial charge on any atom is 0.305 e. The van der Waals surface area contributed by atoms with Gasteiger partial charge in [0.25, 0.3) is 0 Å². The summed E-state index contributed by atoms with van der Waals surface area (Å²) < 4.78 is 13.5. The van der Waals surface area contributed by atoms with Crippen LogP contribution < -0.4 is 0 Å². The average Bonchev–Trinajstić information content (AvgIpc) is 2.04. The fourth-order valence-electron chi connectivity index (χ4n) is 0.871. The van der Waals surface area contributed by atoms with Gasteiger partial charge in [0.1, 0.15) is 0 Å². The van der Waals surface area contributed by atoms with E-state index in [1.807, 2.05) is 0 Å². The predicted molar refractivity (Wildman–Crippen MR) is 46.7 cm³/mol. The zero-order valence-corrected chi connectivity index (χ0v) is 7.91. The number of benzene rings is 1. The number of halogens is 2. The van der Waals surface area contributed by atoms with Crippen LogP contribution in [0.15, 0.2) is 16.6 Å². The van der Waals surface area contributed by atoms with Crippen molar-refractivity contribution >= 4 is 21.6 Å². The Morgan fingerprint density at radius 2 is 2.23 bits per heavy atom. The third-order valence-corrected chi connectivity index (χ3v) is 2.26. The highest BCUT2D eigenvalue weighted by Crippen LogP contribution is 2.27. The van der Waals surface area contributed by atoms with E-state index in [0.717, 1.165) is 6.07 Å². The highest BCUT2D eigenvalue weighted by molar-refractivity contribution is 9.10. The number of aliphatic hydroxyl groups is 1. The van der Waals surface area contributed by atoms with Crippen molar-refractivity contribution < 1.29 is 14.4 Å². The van der Waals surface area contributed by atoms with Crippen LogP contribution >= 0.6 is 15.9 Å². The van der Waals surface area contributed by atoms with Gasteiger partial charge in [0.05, 0.1) is 11.5 Å². The summed E-state index contributed by atoms with van der Waals surface area (Å²) >= 11 is 2.97. The van der Waals surface area contributed by atoms with Crippen molar-refractivity contribution in [3.05, 3.63) is 38.1 Å². The van der Waals surface area contributed by atoms with Crippen LogP contribution in [0.3, 0.4) is 0 Å². The molecule has 1 aromatic carbocycles. The highest BCUT2D eigenvalue weighted by Gasteiger charge is 2.19. The van der Waals surface area contributed by atoms with Gasteiger partial charge in [0.2, 0.25) is 5.82 Å². The maximum atomic E-state index is 13.2. The molecule has 4 nitrogen and oxygen atoms in total. The van der Waals surface area contributed by atoms with E-state index in [0.29, 0.717) is 4.47 Å². The van der Waals surface area contributed by atoms with Crippen LogP contribution in [0.1, 0.15) is 5.56 Å². The van der Waals surface area contributed by atoms with Gasteiger partial charge in [-0.25, -0.2) is 0 Å². The van der Waals surface area contributed by atoms with Crippen LogP contribution in [0.4, 0.5) is 10.1 Å². The minimum absolute atomic E-state index is 0.103. The number of rotatable bonds is 2. The first-order valence-electron chi connectivity index (χ1n) is 3.30. The third-order valence-electron chi connectivity index (χ3n) is 1.52. The predicted octanol–water partition coefficient (Wildman–Crippen LogP) is 1.99. The molecule has 0 spiro atoms. The lowest BCUT2D eigenvalue weighted by atomic mass is 10.2. The Labute approximate surface area is 81.3 Å². The van der Waals surface area contributed by atoms with E-state index in [1.54, 1.807) is 0 Å². The minimum atomic E-state index is -0.998. The monoisotopic (exact) mass is 249 g/mol. The second-order valence-corrected chi connectivity index (χ2v) is 3.13. The van der Waals surface area contributed by atoms with Gasteiger partial charge in [-0.3, -0.25) is 10.1 Å². The van der Waals surface area contributed by atoms with Gasteiger partial charge < -0.3 is 5.11 Å². The van der Waals surface area contributed by atoms with E-state index in [9.17, 15) is 14.5 Å². The summed E-state index contributed by atoms with van der Waals surface area (Å²) in [5.74, 6) is -0.998. The van der Waals surface area contributed by atoms with Gasteiger partial charge in [-0.05, 0) is 6.07 Å². The topological polar surface area (TPSA) is 63.4 Å². The molecule has 70 valence electrons. The summed E-state index contributed by atoms with van der Waals surface area (Å²) in [5.41, 5.74) is -0.735. The lowest BCUT2D eigenvalue weighted by Crippen LogP contribution is -1.98. The van der Waals surface area contributed by atoms with Crippen molar-refractivity contribution in [1.29, 1.82) is 0 Å². The summed E-state index contributed by atoms with van der Waals surface area (Å²) in [6, 6.07) is 2.37. The van der Waals surface area contributed by atoms with Crippen molar-refractivity contribution in [2.75, 3.05) is 0 Å². The van der Waals surface area contributed by atoms with Crippen LogP contribution in [0.25, 0.3) is 0 Å². The summed E-state index contributed by atoms with van der Waals surface area (Å²) in [7, 11) is 0. The molecule has 0 aromatic heterocycles. The molecule has 0 fully saturated rings. The van der Waals surface area contributed by atoms with E-state index in [-0.39, 0.29) is 5.56 Å². The first kappa shape index (κ1) is 10.1. The van der Waals surface area contributed by atoms with Gasteiger partial charge in [0, 0.05) is 16.1 Å². The highest BCUT2D eigenvalue weighted by atomic mass is 79.9. The van der Waals surface area contributed by atoms with E-state index >= 15 is 0 Å². The normalized spacial score (nSPS) is 10.1. The van der Waals surface area contributed by atoms with E-state index in [2.05, 4.69) is 15.9 Å². The summed E-state index contributed by atoms with van der Waals surface area (Å²) in [6.07, 6.45) is 0. The van der Waals surface area contributed by atoms with Crippen molar-refractivity contribution in [3.8, 4) is 0 Å². The zero-order valence-electron chi connectivity index (χ0n) is 6.33. The Kier molecular flexibility index (Phi) is 2.94. The Balaban J connectivity index is 3.35. The zero-order chi connectivity index (χ0) is 10.0. The van der Waals surface area contributed by atoms with Crippen LogP contribution in [0.5, 0.6) is 0 Å². The molecule has 0 heterocycles. The van der Waals surface area contributed by atoms with Crippen LogP contribution in [-0.2, 0) is 6.61 Å². The number of nitrogens with zero attached hydrogens (tertiary/aromatic N) is 1. The van der Waals surface area contributed by atoms with Crippen molar-refractivity contribution in [2.45, 2.75) is 6.61 Å². The van der Waals surface area contributed by atoms with Gasteiger partial charge in [-0.2, -0.15) is 4.39 Å². The second-order valence-electron chi connectivity index (χ2n) is 2.27. The lowest BCUT2D eigenvalue weighted by molar-refractivity contribution is -0.387. The lowest BCUT2D eigenvalue weighted by Gasteiger charge is -2.01. The molecular formula is C7H5BrFNO3. The molecule has 0 amide bonds. The van der Waals surface area contributed by atoms with Gasteiger partial charge >= 0.3 is 5.69 Å². The molecule has 0 bridgehead atoms. The van der Waals surface area contributed by atoms with Crippen molar-refractivity contribution in [2.24, 2.45) is 0 Å². The fraction of sp³-hybridized carbons (Fsp3) is 0.143. The molecule has 0 saturated carbocycles. The van der Waals surface area contributed by atoms with E-state index < -0.39 is 23.0 Å². The SMILES string of the molecule is O=[N+]([O-])c1ccc(Br)c(CO)c1F. The molecule has 1 N–H and O–H groups in total. The van der Waals surface area contributed by atoms with Gasteiger partial charge in [0.15, 0.2) is 0 Å². The molecule has 0 saturated heterocycles. The Morgan fingerprint density at radius 3 is 2.69 bits per heavy atom. The quantitative estimate of drug-likeness (QED) is 0.644. The van der Waals surface area contributed by atoms with Crippen molar-refractivity contribution in [1.82, 2.24) is 0 Å². The molecular weight excluding hydrogens is 245 g/mol. The Bertz CT molecular complexity index is 356. The van der Waals surface area contributed by atoms with Gasteiger partial charge in [-0.15, -0.1) is 0 Å². The molecule has 0 aliphatic heterocycles. The third kappa shape index (κ3) is 1.84. The molecule has 13 heavy (non-hydrogen) atoms. The Hall–Kier alpha value is -1.01. The molecule has 0 radical (unpaired) electrons. The molecule has 6 heteroatoms. The Morgan fingerprint density at radius 1 is 1.62 bits per heavy atom. The standard InChI is InChI=1S/C7H5BrFNO3/c8-5-1-2-6(10(12)13)7(9)4(5)3-11/h1-2,11H,3H2. The first-order chi connectivity index (χ1) is 6.07. The number of nitro benzene ring substituents is 1. The van der Waals surface area contributed by atoms with Crippen LogP contribution in [0.2, 0.25) is 0 Å². The van der Waals surface area contributed by atoms with Crippen LogP contribution in [0, 0.1) is 15.9 Å². The average molecular weight is 250 g/mol. The molecule has 0 atom stereocenters. The smallest absolute Gasteiger partial charge is 0.305 e. The molecule has 0 unspecified atom stereocenters. The minimum Gasteiger partial charge on any atom is -0.392 e. The summed E-state index contributed by atoms with van der Waals surface area (Å²) in [6.45, 7) is -0.575. The summed E-state index contributed by atoms with van der Waals surface area (Å²) in [4.78, 5) is 9.44. The molecule has 1 aromatic rings. The second kappa shape index (κ2) is 3.80. The molecule has 0 aliphatic carbocycles. The van der Waals surface area contributed by atoms with Crippen LogP contribution in [-0.4, -0.2) is 10.0 Å². The number of aliphatic hydroxyl groups excluding tert-OH is 1. The van der Waals surface area contributed by atoms with Gasteiger partial charge in [-0.1, -0.05) is 15.9 Å². The maximum absolute atomic E-state index is 13.2. The molecule has 1 rings (SSSR count). The largest absolute Gasteiger partial charge is 0.392 e. The van der Waals surface area contributed by atoms with Crippen molar-refractivity contribution in [3.63, 3.8) is 0 Å². The fourth-order valence-corrected chi connectivity index (χ4v) is 1.30. The number of hydrogen-bond donors (Lipinski definition) is 1. The first-order valence-corrected chi connectivity index (χ1v) is 4.09. The number of nitro groups is 1. The summed E-state index contributed by atoms with van der Waals surface area (Å²) in [5, 5.41) is 19.0. The number of hydrogen-bond acceptors (Lipinski definition) is 3.